The van der Waals surface area contributed by atoms with Crippen LogP contribution in [0.3, 0.4) is 0 Å². The molecule has 1 unspecified atom stereocenters. The minimum atomic E-state index is -3.45. The molecular formula is C15H24N2O3S. The molecule has 6 heteroatoms. The maximum absolute atomic E-state index is 12.9. The van der Waals surface area contributed by atoms with Gasteiger partial charge in [-0.3, -0.25) is 0 Å². The van der Waals surface area contributed by atoms with Gasteiger partial charge in [0.1, 0.15) is 0 Å². The van der Waals surface area contributed by atoms with E-state index < -0.39 is 10.0 Å². The standard InChI is InChI=1S/C15H24N2O3S/c1-12-6-7-13(10-16-2)9-15(12)21(18,19)17-8-4-5-14(11-17)20-3/h6-7,9,14,16H,4-5,8,10-11H2,1-3H3. The first kappa shape index (κ1) is 16.4. The highest BCUT2D eigenvalue weighted by molar-refractivity contribution is 7.89. The molecule has 0 saturated carbocycles. The number of rotatable bonds is 5. The van der Waals surface area contributed by atoms with Gasteiger partial charge in [0.15, 0.2) is 0 Å². The highest BCUT2D eigenvalue weighted by Gasteiger charge is 2.31. The highest BCUT2D eigenvalue weighted by Crippen LogP contribution is 2.25. The predicted molar refractivity (Wildman–Crippen MR) is 82.7 cm³/mol. The molecule has 1 aromatic carbocycles. The number of sulfonamides is 1. The van der Waals surface area contributed by atoms with E-state index in [1.165, 1.54) is 0 Å². The molecule has 1 N–H and O–H groups in total. The average molecular weight is 312 g/mol. The summed E-state index contributed by atoms with van der Waals surface area (Å²) in [7, 11) is 0.0366. The third kappa shape index (κ3) is 3.63. The summed E-state index contributed by atoms with van der Waals surface area (Å²) in [6, 6.07) is 5.61. The van der Waals surface area contributed by atoms with Crippen molar-refractivity contribution in [3.63, 3.8) is 0 Å². The lowest BCUT2D eigenvalue weighted by Gasteiger charge is -2.31. The van der Waals surface area contributed by atoms with Crippen LogP contribution >= 0.6 is 0 Å². The van der Waals surface area contributed by atoms with E-state index in [0.29, 0.717) is 24.5 Å². The van der Waals surface area contributed by atoms with Gasteiger partial charge in [0.2, 0.25) is 10.0 Å². The number of ether oxygens (including phenoxy) is 1. The summed E-state index contributed by atoms with van der Waals surface area (Å²) in [5.74, 6) is 0. The quantitative estimate of drug-likeness (QED) is 0.895. The summed E-state index contributed by atoms with van der Waals surface area (Å²) in [5, 5.41) is 3.05. The lowest BCUT2D eigenvalue weighted by Crippen LogP contribution is -2.43. The number of methoxy groups -OCH3 is 1. The Hall–Kier alpha value is -0.950. The Kier molecular flexibility index (Phi) is 5.37. The molecule has 0 spiro atoms. The van der Waals surface area contributed by atoms with Crippen LogP contribution < -0.4 is 5.32 Å². The predicted octanol–water partition coefficient (Wildman–Crippen LogP) is 1.51. The number of hydrogen-bond acceptors (Lipinski definition) is 4. The molecule has 1 heterocycles. The van der Waals surface area contributed by atoms with Crippen molar-refractivity contribution in [2.75, 3.05) is 27.2 Å². The summed E-state index contributed by atoms with van der Waals surface area (Å²) in [6.07, 6.45) is 1.75. The van der Waals surface area contributed by atoms with Gasteiger partial charge >= 0.3 is 0 Å². The van der Waals surface area contributed by atoms with Crippen LogP contribution in [0.25, 0.3) is 0 Å². The molecule has 5 nitrogen and oxygen atoms in total. The average Bonchev–Trinajstić information content (AvgIpc) is 2.49. The number of piperidine rings is 1. The van der Waals surface area contributed by atoms with Gasteiger partial charge in [0.25, 0.3) is 0 Å². The summed E-state index contributed by atoms with van der Waals surface area (Å²) in [5.41, 5.74) is 1.76. The van der Waals surface area contributed by atoms with E-state index in [1.54, 1.807) is 17.5 Å². The summed E-state index contributed by atoms with van der Waals surface area (Å²) in [4.78, 5) is 0.409. The van der Waals surface area contributed by atoms with E-state index in [9.17, 15) is 8.42 Å². The van der Waals surface area contributed by atoms with E-state index in [4.69, 9.17) is 4.74 Å². The smallest absolute Gasteiger partial charge is 0.243 e. The Labute approximate surface area is 127 Å². The molecular weight excluding hydrogens is 288 g/mol. The summed E-state index contributed by atoms with van der Waals surface area (Å²) in [6.45, 7) is 3.50. The zero-order valence-electron chi connectivity index (χ0n) is 12.9. The van der Waals surface area contributed by atoms with E-state index in [1.807, 2.05) is 26.1 Å². The van der Waals surface area contributed by atoms with Crippen molar-refractivity contribution >= 4 is 10.0 Å². The number of aryl methyl sites for hydroxylation is 1. The normalized spacial score (nSPS) is 20.6. The van der Waals surface area contributed by atoms with Crippen LogP contribution in [-0.2, 0) is 21.3 Å². The number of nitrogens with zero attached hydrogens (tertiary/aromatic N) is 1. The zero-order valence-corrected chi connectivity index (χ0v) is 13.7. The van der Waals surface area contributed by atoms with Gasteiger partial charge in [-0.05, 0) is 44.0 Å². The molecule has 118 valence electrons. The van der Waals surface area contributed by atoms with Gasteiger partial charge < -0.3 is 10.1 Å². The van der Waals surface area contributed by atoms with E-state index in [0.717, 1.165) is 24.0 Å². The molecule has 0 bridgehead atoms. The number of nitrogens with one attached hydrogen (secondary N) is 1. The van der Waals surface area contributed by atoms with Gasteiger partial charge in [-0.2, -0.15) is 4.31 Å². The molecule has 1 aromatic rings. The van der Waals surface area contributed by atoms with Gasteiger partial charge in [-0.25, -0.2) is 8.42 Å². The second-order valence-electron chi connectivity index (χ2n) is 5.49. The second-order valence-corrected chi connectivity index (χ2v) is 7.40. The van der Waals surface area contributed by atoms with Gasteiger partial charge in [0.05, 0.1) is 11.0 Å². The molecule has 1 saturated heterocycles. The summed E-state index contributed by atoms with van der Waals surface area (Å²) < 4.78 is 32.6. The topological polar surface area (TPSA) is 58.6 Å². The van der Waals surface area contributed by atoms with Gasteiger partial charge in [-0.15, -0.1) is 0 Å². The Morgan fingerprint density at radius 3 is 2.86 bits per heavy atom. The number of hydrogen-bond donors (Lipinski definition) is 1. The molecule has 1 atom stereocenters. The van der Waals surface area contributed by atoms with Crippen LogP contribution in [0.15, 0.2) is 23.1 Å². The van der Waals surface area contributed by atoms with E-state index in [2.05, 4.69) is 5.32 Å². The Morgan fingerprint density at radius 1 is 1.43 bits per heavy atom. The Morgan fingerprint density at radius 2 is 2.19 bits per heavy atom. The SMILES string of the molecule is CNCc1ccc(C)c(S(=O)(=O)N2CCCC(OC)C2)c1. The molecule has 1 aliphatic rings. The molecule has 0 aliphatic carbocycles. The first-order valence-electron chi connectivity index (χ1n) is 7.26. The zero-order chi connectivity index (χ0) is 15.5. The first-order valence-corrected chi connectivity index (χ1v) is 8.70. The minimum absolute atomic E-state index is 0.00526. The minimum Gasteiger partial charge on any atom is -0.380 e. The number of benzene rings is 1. The fraction of sp³-hybridized carbons (Fsp3) is 0.600. The fourth-order valence-electron chi connectivity index (χ4n) is 2.69. The first-order chi connectivity index (χ1) is 9.98. The van der Waals surface area contributed by atoms with E-state index >= 15 is 0 Å². The lowest BCUT2D eigenvalue weighted by atomic mass is 10.1. The van der Waals surface area contributed by atoms with Crippen LogP contribution in [-0.4, -0.2) is 46.1 Å². The van der Waals surface area contributed by atoms with Crippen LogP contribution in [0.5, 0.6) is 0 Å². The molecule has 0 aromatic heterocycles. The highest BCUT2D eigenvalue weighted by atomic mass is 32.2. The molecule has 0 radical (unpaired) electrons. The monoisotopic (exact) mass is 312 g/mol. The van der Waals surface area contributed by atoms with Crippen molar-refractivity contribution in [2.24, 2.45) is 0 Å². The molecule has 2 rings (SSSR count). The van der Waals surface area contributed by atoms with E-state index in [-0.39, 0.29) is 6.10 Å². The fourth-order valence-corrected chi connectivity index (χ4v) is 4.48. The molecule has 1 fully saturated rings. The maximum Gasteiger partial charge on any atom is 0.243 e. The van der Waals surface area contributed by atoms with Crippen LogP contribution in [0.4, 0.5) is 0 Å². The van der Waals surface area contributed by atoms with Crippen molar-refractivity contribution in [1.82, 2.24) is 9.62 Å². The van der Waals surface area contributed by atoms with Crippen LogP contribution in [0.2, 0.25) is 0 Å². The van der Waals surface area contributed by atoms with Gasteiger partial charge in [0, 0.05) is 26.7 Å². The maximum atomic E-state index is 12.9. The Balaban J connectivity index is 2.32. The van der Waals surface area contributed by atoms with Crippen LogP contribution in [0.1, 0.15) is 24.0 Å². The van der Waals surface area contributed by atoms with Crippen molar-refractivity contribution in [3.8, 4) is 0 Å². The second kappa shape index (κ2) is 6.87. The van der Waals surface area contributed by atoms with Crippen molar-refractivity contribution in [2.45, 2.75) is 37.3 Å². The molecule has 1 aliphatic heterocycles. The largest absolute Gasteiger partial charge is 0.380 e. The van der Waals surface area contributed by atoms with Crippen molar-refractivity contribution in [3.05, 3.63) is 29.3 Å². The van der Waals surface area contributed by atoms with Crippen molar-refractivity contribution < 1.29 is 13.2 Å². The Bertz CT molecular complexity index is 587. The van der Waals surface area contributed by atoms with Gasteiger partial charge in [-0.1, -0.05) is 12.1 Å². The lowest BCUT2D eigenvalue weighted by molar-refractivity contribution is 0.0571. The molecule has 0 amide bonds. The van der Waals surface area contributed by atoms with Crippen LogP contribution in [0, 0.1) is 6.92 Å². The summed E-state index contributed by atoms with van der Waals surface area (Å²) >= 11 is 0. The molecule has 21 heavy (non-hydrogen) atoms. The third-order valence-corrected chi connectivity index (χ3v) is 5.93. The third-order valence-electron chi connectivity index (χ3n) is 3.93. The van der Waals surface area contributed by atoms with Crippen molar-refractivity contribution in [1.29, 1.82) is 0 Å².